The fourth-order valence-electron chi connectivity index (χ4n) is 2.84. The van der Waals surface area contributed by atoms with Crippen molar-refractivity contribution in [1.82, 2.24) is 15.5 Å². The normalized spacial score (nSPS) is 12.1. The summed E-state index contributed by atoms with van der Waals surface area (Å²) in [5, 5.41) is 15.7. The van der Waals surface area contributed by atoms with Crippen molar-refractivity contribution in [2.24, 2.45) is 0 Å². The number of nitrogens with zero attached hydrogens (tertiary/aromatic N) is 1. The van der Waals surface area contributed by atoms with Gasteiger partial charge in [-0.05, 0) is 39.7 Å². The van der Waals surface area contributed by atoms with Gasteiger partial charge in [0.1, 0.15) is 23.9 Å². The number of unbranched alkanes of at least 4 members (excludes halogenated alkanes) is 2. The molecule has 3 N–H and O–H groups in total. The van der Waals surface area contributed by atoms with E-state index < -0.39 is 23.6 Å². The minimum Gasteiger partial charge on any atom is -0.507 e. The van der Waals surface area contributed by atoms with Crippen LogP contribution in [-0.2, 0) is 14.3 Å². The molecule has 0 aliphatic heterocycles. The number of nitrogens with one attached hydrogen (secondary N) is 2. The molecule has 0 spiro atoms. The molecule has 3 amide bonds. The minimum atomic E-state index is -1.03. The molecule has 0 aliphatic carbocycles. The molecule has 8 nitrogen and oxygen atoms in total. The van der Waals surface area contributed by atoms with Crippen LogP contribution in [-0.4, -0.2) is 53.7 Å². The van der Waals surface area contributed by atoms with Gasteiger partial charge >= 0.3 is 6.09 Å². The maximum absolute atomic E-state index is 12.9. The van der Waals surface area contributed by atoms with Gasteiger partial charge in [-0.15, -0.1) is 0 Å². The number of amides is 3. The standard InChI is InChI=1S/C22H35N3O5/c1-7-8-9-13-23-20(28)18(16-12-10-11-15(2)19(16)27)25(6)17(26)14-24-21(29)30-22(3,4)5/h10-12,18,27H,7-9,13-14H2,1-6H3,(H,23,28)(H,24,29). The highest BCUT2D eigenvalue weighted by Gasteiger charge is 2.31. The maximum atomic E-state index is 12.9. The SMILES string of the molecule is CCCCCNC(=O)C(c1cccc(C)c1O)N(C)C(=O)CNC(=O)OC(C)(C)C. The number of aryl methyl sites for hydroxylation is 1. The summed E-state index contributed by atoms with van der Waals surface area (Å²) >= 11 is 0. The number of phenolic OH excluding ortho intramolecular Hbond substituents is 1. The van der Waals surface area contributed by atoms with Gasteiger partial charge in [0.2, 0.25) is 11.8 Å². The first-order valence-electron chi connectivity index (χ1n) is 10.3. The molecule has 0 radical (unpaired) electrons. The van der Waals surface area contributed by atoms with Gasteiger partial charge in [-0.2, -0.15) is 0 Å². The predicted octanol–water partition coefficient (Wildman–Crippen LogP) is 3.03. The minimum absolute atomic E-state index is 0.0361. The Bertz CT molecular complexity index is 743. The molecule has 0 fully saturated rings. The highest BCUT2D eigenvalue weighted by Crippen LogP contribution is 2.31. The number of rotatable bonds is 9. The molecule has 1 aromatic carbocycles. The van der Waals surface area contributed by atoms with Crippen LogP contribution < -0.4 is 10.6 Å². The zero-order valence-corrected chi connectivity index (χ0v) is 18.9. The number of likely N-dealkylation sites (N-methyl/N-ethyl adjacent to an activating group) is 1. The van der Waals surface area contributed by atoms with E-state index in [1.807, 2.05) is 0 Å². The van der Waals surface area contributed by atoms with E-state index in [9.17, 15) is 19.5 Å². The van der Waals surface area contributed by atoms with Crippen LogP contribution in [0.25, 0.3) is 0 Å². The lowest BCUT2D eigenvalue weighted by molar-refractivity contribution is -0.138. The average molecular weight is 422 g/mol. The van der Waals surface area contributed by atoms with Crippen molar-refractivity contribution >= 4 is 17.9 Å². The van der Waals surface area contributed by atoms with Crippen LogP contribution in [0.1, 0.15) is 64.1 Å². The number of hydrogen-bond donors (Lipinski definition) is 3. The highest BCUT2D eigenvalue weighted by molar-refractivity contribution is 5.90. The largest absolute Gasteiger partial charge is 0.507 e. The van der Waals surface area contributed by atoms with Crippen molar-refractivity contribution in [3.05, 3.63) is 29.3 Å². The Morgan fingerprint density at radius 3 is 2.43 bits per heavy atom. The van der Waals surface area contributed by atoms with Gasteiger partial charge in [0.25, 0.3) is 0 Å². The average Bonchev–Trinajstić information content (AvgIpc) is 2.65. The lowest BCUT2D eigenvalue weighted by atomic mass is 10.0. The molecule has 1 aromatic rings. The summed E-state index contributed by atoms with van der Waals surface area (Å²) in [5.41, 5.74) is 0.243. The molecular weight excluding hydrogens is 386 g/mol. The topological polar surface area (TPSA) is 108 Å². The third-order valence-electron chi connectivity index (χ3n) is 4.45. The van der Waals surface area contributed by atoms with Crippen molar-refractivity contribution in [2.45, 2.75) is 65.5 Å². The van der Waals surface area contributed by atoms with E-state index in [-0.39, 0.29) is 18.2 Å². The Morgan fingerprint density at radius 2 is 1.83 bits per heavy atom. The number of carbonyl (C=O) groups is 3. The molecule has 1 unspecified atom stereocenters. The second kappa shape index (κ2) is 11.4. The van der Waals surface area contributed by atoms with Crippen LogP contribution in [0.15, 0.2) is 18.2 Å². The quantitative estimate of drug-likeness (QED) is 0.531. The van der Waals surface area contributed by atoms with Gasteiger partial charge in [0.05, 0.1) is 0 Å². The monoisotopic (exact) mass is 421 g/mol. The number of para-hydroxylation sites is 1. The second-order valence-electron chi connectivity index (χ2n) is 8.27. The van der Waals surface area contributed by atoms with Gasteiger partial charge in [-0.3, -0.25) is 9.59 Å². The molecule has 30 heavy (non-hydrogen) atoms. The van der Waals surface area contributed by atoms with Crippen LogP contribution in [0.2, 0.25) is 0 Å². The molecule has 168 valence electrons. The van der Waals surface area contributed by atoms with Gasteiger partial charge in [-0.25, -0.2) is 4.79 Å². The predicted molar refractivity (Wildman–Crippen MR) is 115 cm³/mol. The number of aromatic hydroxyl groups is 1. The van der Waals surface area contributed by atoms with Gasteiger partial charge in [0.15, 0.2) is 0 Å². The van der Waals surface area contributed by atoms with E-state index in [0.717, 1.165) is 19.3 Å². The molecule has 0 saturated heterocycles. The molecule has 0 saturated carbocycles. The molecule has 1 rings (SSSR count). The lowest BCUT2D eigenvalue weighted by Gasteiger charge is -2.29. The summed E-state index contributed by atoms with van der Waals surface area (Å²) in [6.45, 7) is 9.10. The number of hydrogen-bond acceptors (Lipinski definition) is 5. The van der Waals surface area contributed by atoms with E-state index in [1.165, 1.54) is 11.9 Å². The first kappa shape index (κ1) is 25.3. The Morgan fingerprint density at radius 1 is 1.17 bits per heavy atom. The molecule has 0 heterocycles. The Balaban J connectivity index is 2.97. The maximum Gasteiger partial charge on any atom is 0.408 e. The van der Waals surface area contributed by atoms with E-state index in [2.05, 4.69) is 17.6 Å². The Hall–Kier alpha value is -2.77. The second-order valence-corrected chi connectivity index (χ2v) is 8.27. The summed E-state index contributed by atoms with van der Waals surface area (Å²) in [6.07, 6.45) is 2.11. The third kappa shape index (κ3) is 7.93. The number of ether oxygens (including phenoxy) is 1. The zero-order valence-electron chi connectivity index (χ0n) is 18.9. The molecule has 0 bridgehead atoms. The Labute approximate surface area is 179 Å². The van der Waals surface area contributed by atoms with Gasteiger partial charge in [-0.1, -0.05) is 38.0 Å². The lowest BCUT2D eigenvalue weighted by Crippen LogP contribution is -2.46. The van der Waals surface area contributed by atoms with E-state index >= 15 is 0 Å². The molecule has 0 aromatic heterocycles. The van der Waals surface area contributed by atoms with Crippen molar-refractivity contribution < 1.29 is 24.2 Å². The fourth-order valence-corrected chi connectivity index (χ4v) is 2.84. The number of phenols is 1. The summed E-state index contributed by atoms with van der Waals surface area (Å²) in [5.74, 6) is -0.915. The number of benzene rings is 1. The van der Waals surface area contributed by atoms with Crippen molar-refractivity contribution in [3.63, 3.8) is 0 Å². The Kier molecular flexibility index (Phi) is 9.62. The molecule has 0 aliphatic rings. The van der Waals surface area contributed by atoms with Crippen molar-refractivity contribution in [3.8, 4) is 5.75 Å². The van der Waals surface area contributed by atoms with Crippen LogP contribution in [0, 0.1) is 6.92 Å². The van der Waals surface area contributed by atoms with E-state index in [1.54, 1.807) is 45.9 Å². The van der Waals surface area contributed by atoms with Gasteiger partial charge in [0, 0.05) is 19.2 Å². The molecular formula is C22H35N3O5. The van der Waals surface area contributed by atoms with Crippen LogP contribution in [0.4, 0.5) is 4.79 Å². The van der Waals surface area contributed by atoms with Crippen LogP contribution in [0.3, 0.4) is 0 Å². The van der Waals surface area contributed by atoms with Crippen molar-refractivity contribution in [2.75, 3.05) is 20.1 Å². The summed E-state index contributed by atoms with van der Waals surface area (Å²) in [6, 6.07) is 4.03. The first-order valence-corrected chi connectivity index (χ1v) is 10.3. The fraction of sp³-hybridized carbons (Fsp3) is 0.591. The van der Waals surface area contributed by atoms with Crippen LogP contribution in [0.5, 0.6) is 5.75 Å². The molecule has 1 atom stereocenters. The summed E-state index contributed by atoms with van der Waals surface area (Å²) < 4.78 is 5.13. The highest BCUT2D eigenvalue weighted by atomic mass is 16.6. The van der Waals surface area contributed by atoms with E-state index in [0.29, 0.717) is 17.7 Å². The summed E-state index contributed by atoms with van der Waals surface area (Å²) in [4.78, 5) is 38.7. The molecule has 8 heteroatoms. The number of alkyl carbamates (subject to hydrolysis) is 1. The van der Waals surface area contributed by atoms with Gasteiger partial charge < -0.3 is 25.4 Å². The number of carbonyl (C=O) groups excluding carboxylic acids is 3. The third-order valence-corrected chi connectivity index (χ3v) is 4.45. The van der Waals surface area contributed by atoms with Crippen molar-refractivity contribution in [1.29, 1.82) is 0 Å². The summed E-state index contributed by atoms with van der Waals surface area (Å²) in [7, 11) is 1.47. The smallest absolute Gasteiger partial charge is 0.408 e. The zero-order chi connectivity index (χ0) is 22.9. The first-order chi connectivity index (χ1) is 14.0. The van der Waals surface area contributed by atoms with Crippen LogP contribution >= 0.6 is 0 Å². The van der Waals surface area contributed by atoms with E-state index in [4.69, 9.17) is 4.74 Å².